The maximum Gasteiger partial charge on any atom is 0.265 e. The Hall–Kier alpha value is -2.49. The summed E-state index contributed by atoms with van der Waals surface area (Å²) < 4.78 is 11.3. The highest BCUT2D eigenvalue weighted by Gasteiger charge is 2.18. The molecule has 2 rings (SSSR count). The summed E-state index contributed by atoms with van der Waals surface area (Å²) >= 11 is 0. The summed E-state index contributed by atoms with van der Waals surface area (Å²) in [7, 11) is 0. The first-order valence-electron chi connectivity index (χ1n) is 8.84. The molecule has 0 fully saturated rings. The molecule has 0 saturated carbocycles. The van der Waals surface area contributed by atoms with E-state index in [0.717, 1.165) is 29.2 Å². The van der Waals surface area contributed by atoms with Crippen LogP contribution in [0.2, 0.25) is 0 Å². The number of nitrogens with one attached hydrogen (secondary N) is 1. The maximum absolute atomic E-state index is 12.4. The van der Waals surface area contributed by atoms with Gasteiger partial charge in [-0.3, -0.25) is 4.79 Å². The van der Waals surface area contributed by atoms with Crippen molar-refractivity contribution < 1.29 is 14.3 Å². The highest BCUT2D eigenvalue weighted by molar-refractivity contribution is 5.94. The van der Waals surface area contributed by atoms with Crippen LogP contribution in [0.4, 0.5) is 5.69 Å². The van der Waals surface area contributed by atoms with Crippen molar-refractivity contribution in [3.05, 3.63) is 54.1 Å². The fourth-order valence-electron chi connectivity index (χ4n) is 2.50. The predicted octanol–water partition coefficient (Wildman–Crippen LogP) is 5.00. The molecule has 4 nitrogen and oxygen atoms in total. The van der Waals surface area contributed by atoms with Gasteiger partial charge in [-0.2, -0.15) is 0 Å². The quantitative estimate of drug-likeness (QED) is 0.734. The van der Waals surface area contributed by atoms with Crippen molar-refractivity contribution in [3.63, 3.8) is 0 Å². The Morgan fingerprint density at radius 2 is 1.72 bits per heavy atom. The molecule has 0 bridgehead atoms. The number of benzene rings is 2. The van der Waals surface area contributed by atoms with Crippen LogP contribution in [0.25, 0.3) is 0 Å². The van der Waals surface area contributed by atoms with E-state index >= 15 is 0 Å². The molecule has 0 aliphatic heterocycles. The Labute approximate surface area is 150 Å². The van der Waals surface area contributed by atoms with E-state index in [4.69, 9.17) is 9.47 Å². The van der Waals surface area contributed by atoms with Gasteiger partial charge in [-0.05, 0) is 62.1 Å². The standard InChI is InChI=1S/C21H27NO3/c1-5-15(3)19-9-7-8-10-20(19)25-16(4)21(23)22-17-11-13-18(14-12-17)24-6-2/h7-16H,5-6H2,1-4H3,(H,22,23). The minimum Gasteiger partial charge on any atom is -0.494 e. The number of carbonyl (C=O) groups excluding carboxylic acids is 1. The zero-order valence-electron chi connectivity index (χ0n) is 15.4. The van der Waals surface area contributed by atoms with E-state index in [1.807, 2.05) is 49.4 Å². The molecule has 0 aliphatic rings. The van der Waals surface area contributed by atoms with Gasteiger partial charge in [0.15, 0.2) is 6.10 Å². The first kappa shape index (κ1) is 18.8. The average Bonchev–Trinajstić information content (AvgIpc) is 2.63. The number of carbonyl (C=O) groups is 1. The van der Waals surface area contributed by atoms with Gasteiger partial charge in [0.25, 0.3) is 5.91 Å². The fraction of sp³-hybridized carbons (Fsp3) is 0.381. The molecule has 1 N–H and O–H groups in total. The van der Waals surface area contributed by atoms with E-state index in [-0.39, 0.29) is 5.91 Å². The minimum absolute atomic E-state index is 0.178. The molecule has 4 heteroatoms. The summed E-state index contributed by atoms with van der Waals surface area (Å²) in [6.45, 7) is 8.62. The van der Waals surface area contributed by atoms with Crippen molar-refractivity contribution >= 4 is 11.6 Å². The van der Waals surface area contributed by atoms with Crippen LogP contribution in [0, 0.1) is 0 Å². The zero-order valence-corrected chi connectivity index (χ0v) is 15.4. The van der Waals surface area contributed by atoms with Crippen molar-refractivity contribution in [1.82, 2.24) is 0 Å². The van der Waals surface area contributed by atoms with Crippen LogP contribution >= 0.6 is 0 Å². The first-order chi connectivity index (χ1) is 12.0. The monoisotopic (exact) mass is 341 g/mol. The molecule has 0 heterocycles. The number of rotatable bonds is 8. The molecule has 0 spiro atoms. The van der Waals surface area contributed by atoms with Crippen molar-refractivity contribution in [2.75, 3.05) is 11.9 Å². The summed E-state index contributed by atoms with van der Waals surface area (Å²) in [5.74, 6) is 1.76. The zero-order chi connectivity index (χ0) is 18.2. The minimum atomic E-state index is -0.586. The molecule has 2 unspecified atom stereocenters. The van der Waals surface area contributed by atoms with E-state index in [9.17, 15) is 4.79 Å². The number of anilines is 1. The van der Waals surface area contributed by atoms with Crippen LogP contribution in [0.5, 0.6) is 11.5 Å². The van der Waals surface area contributed by atoms with Crippen LogP contribution in [-0.4, -0.2) is 18.6 Å². The van der Waals surface area contributed by atoms with E-state index in [1.54, 1.807) is 6.92 Å². The van der Waals surface area contributed by atoms with Gasteiger partial charge in [0.1, 0.15) is 11.5 Å². The number of amides is 1. The Kier molecular flexibility index (Phi) is 6.87. The third-order valence-electron chi connectivity index (χ3n) is 4.17. The largest absolute Gasteiger partial charge is 0.494 e. The molecule has 0 aliphatic carbocycles. The molecule has 2 atom stereocenters. The molecule has 0 radical (unpaired) electrons. The van der Waals surface area contributed by atoms with Gasteiger partial charge in [-0.15, -0.1) is 0 Å². The van der Waals surface area contributed by atoms with Crippen LogP contribution in [0.15, 0.2) is 48.5 Å². The van der Waals surface area contributed by atoms with Crippen LogP contribution in [0.3, 0.4) is 0 Å². The van der Waals surface area contributed by atoms with Gasteiger partial charge in [-0.1, -0.05) is 32.0 Å². The summed E-state index contributed by atoms with van der Waals surface area (Å²) in [5, 5.41) is 2.87. The molecule has 2 aromatic rings. The van der Waals surface area contributed by atoms with Gasteiger partial charge in [0.2, 0.25) is 0 Å². The number of hydrogen-bond acceptors (Lipinski definition) is 3. The molecule has 2 aromatic carbocycles. The molecular weight excluding hydrogens is 314 g/mol. The first-order valence-corrected chi connectivity index (χ1v) is 8.84. The van der Waals surface area contributed by atoms with E-state index in [1.165, 1.54) is 0 Å². The lowest BCUT2D eigenvalue weighted by Gasteiger charge is -2.19. The third kappa shape index (κ3) is 5.24. The number of ether oxygens (including phenoxy) is 2. The van der Waals surface area contributed by atoms with Gasteiger partial charge in [0, 0.05) is 5.69 Å². The topological polar surface area (TPSA) is 47.6 Å². The normalized spacial score (nSPS) is 13.0. The second-order valence-corrected chi connectivity index (χ2v) is 6.05. The Morgan fingerprint density at radius 1 is 1.04 bits per heavy atom. The van der Waals surface area contributed by atoms with Crippen molar-refractivity contribution in [2.24, 2.45) is 0 Å². The van der Waals surface area contributed by atoms with E-state index < -0.39 is 6.10 Å². The Bertz CT molecular complexity index is 682. The highest BCUT2D eigenvalue weighted by Crippen LogP contribution is 2.29. The molecule has 1 amide bonds. The van der Waals surface area contributed by atoms with Crippen molar-refractivity contribution in [1.29, 1.82) is 0 Å². The summed E-state index contributed by atoms with van der Waals surface area (Å²) in [6.07, 6.45) is 0.435. The summed E-state index contributed by atoms with van der Waals surface area (Å²) in [5.41, 5.74) is 1.85. The van der Waals surface area contributed by atoms with Crippen molar-refractivity contribution in [3.8, 4) is 11.5 Å². The lowest BCUT2D eigenvalue weighted by atomic mass is 9.98. The van der Waals surface area contributed by atoms with Crippen LogP contribution in [0.1, 0.15) is 45.6 Å². The van der Waals surface area contributed by atoms with E-state index in [2.05, 4.69) is 25.2 Å². The molecular formula is C21H27NO3. The number of para-hydroxylation sites is 1. The SMILES string of the molecule is CCOc1ccc(NC(=O)C(C)Oc2ccccc2C(C)CC)cc1. The molecule has 0 saturated heterocycles. The molecule has 134 valence electrons. The lowest BCUT2D eigenvalue weighted by Crippen LogP contribution is -2.30. The maximum atomic E-state index is 12.4. The average molecular weight is 341 g/mol. The van der Waals surface area contributed by atoms with E-state index in [0.29, 0.717) is 12.5 Å². The summed E-state index contributed by atoms with van der Waals surface area (Å²) in [6, 6.07) is 15.2. The number of hydrogen-bond donors (Lipinski definition) is 1. The van der Waals surface area contributed by atoms with Gasteiger partial charge in [0.05, 0.1) is 6.61 Å². The second kappa shape index (κ2) is 9.11. The molecule has 25 heavy (non-hydrogen) atoms. The van der Waals surface area contributed by atoms with Gasteiger partial charge >= 0.3 is 0 Å². The Balaban J connectivity index is 2.01. The van der Waals surface area contributed by atoms with Crippen LogP contribution in [-0.2, 0) is 4.79 Å². The Morgan fingerprint density at radius 3 is 2.36 bits per heavy atom. The third-order valence-corrected chi connectivity index (χ3v) is 4.17. The fourth-order valence-corrected chi connectivity index (χ4v) is 2.50. The second-order valence-electron chi connectivity index (χ2n) is 6.05. The predicted molar refractivity (Wildman–Crippen MR) is 101 cm³/mol. The summed E-state index contributed by atoms with van der Waals surface area (Å²) in [4.78, 5) is 12.4. The molecule has 0 aromatic heterocycles. The lowest BCUT2D eigenvalue weighted by molar-refractivity contribution is -0.122. The van der Waals surface area contributed by atoms with Crippen molar-refractivity contribution in [2.45, 2.75) is 46.1 Å². The van der Waals surface area contributed by atoms with Gasteiger partial charge < -0.3 is 14.8 Å². The smallest absolute Gasteiger partial charge is 0.265 e. The van der Waals surface area contributed by atoms with Crippen LogP contribution < -0.4 is 14.8 Å². The van der Waals surface area contributed by atoms with Gasteiger partial charge in [-0.25, -0.2) is 0 Å². The highest BCUT2D eigenvalue weighted by atomic mass is 16.5.